The van der Waals surface area contributed by atoms with Crippen molar-refractivity contribution in [3.05, 3.63) is 87.4 Å². The molecule has 0 fully saturated rings. The van der Waals surface area contributed by atoms with Crippen LogP contribution >= 0.6 is 11.6 Å². The second kappa shape index (κ2) is 11.5. The molecule has 3 aromatic carbocycles. The number of hydrogen-bond acceptors (Lipinski definition) is 7. The minimum Gasteiger partial charge on any atom is -0.494 e. The van der Waals surface area contributed by atoms with Crippen molar-refractivity contribution in [2.75, 3.05) is 16.8 Å². The lowest BCUT2D eigenvalue weighted by Crippen LogP contribution is -2.15. The van der Waals surface area contributed by atoms with Gasteiger partial charge in [0.15, 0.2) is 0 Å². The van der Waals surface area contributed by atoms with Gasteiger partial charge in [-0.25, -0.2) is 8.42 Å². The number of non-ortho nitro benzene ring substituents is 1. The van der Waals surface area contributed by atoms with Gasteiger partial charge in [-0.05, 0) is 54.4 Å². The third-order valence-electron chi connectivity index (χ3n) is 4.63. The van der Waals surface area contributed by atoms with E-state index in [9.17, 15) is 18.5 Å². The number of nitro benzene ring substituents is 1. The maximum Gasteiger partial charge on any atom is 0.270 e. The molecule has 3 aromatic rings. The molecule has 9 nitrogen and oxygen atoms in total. The Labute approximate surface area is 202 Å². The van der Waals surface area contributed by atoms with Crippen LogP contribution in [0, 0.1) is 10.1 Å². The van der Waals surface area contributed by atoms with E-state index < -0.39 is 14.9 Å². The molecule has 0 aromatic heterocycles. The molecule has 0 aliphatic rings. The second-order valence-corrected chi connectivity index (χ2v) is 9.22. The van der Waals surface area contributed by atoms with Gasteiger partial charge in [0.1, 0.15) is 10.6 Å². The predicted octanol–water partition coefficient (Wildman–Crippen LogP) is 5.67. The maximum absolute atomic E-state index is 13.0. The highest BCUT2D eigenvalue weighted by molar-refractivity contribution is 7.93. The first kappa shape index (κ1) is 25.0. The summed E-state index contributed by atoms with van der Waals surface area (Å²) in [6, 6.07) is 16.9. The summed E-state index contributed by atoms with van der Waals surface area (Å²) in [5.74, 6) is 0.743. The highest BCUT2D eigenvalue weighted by Crippen LogP contribution is 2.30. The second-order valence-electron chi connectivity index (χ2n) is 7.16. The number of nitrogens with zero attached hydrogens (tertiary/aromatic N) is 2. The Morgan fingerprint density at radius 2 is 1.82 bits per heavy atom. The van der Waals surface area contributed by atoms with E-state index in [0.29, 0.717) is 6.61 Å². The SMILES string of the molecule is CCCCOc1ccc(C=NNc2ccc([N+](=O)[O-])cc2S(=O)(=O)Nc2ccccc2Cl)cc1. The van der Waals surface area contributed by atoms with Crippen LogP contribution in [-0.4, -0.2) is 26.2 Å². The number of hydrazone groups is 1. The Morgan fingerprint density at radius 3 is 2.50 bits per heavy atom. The number of hydrogen-bond donors (Lipinski definition) is 2. The largest absolute Gasteiger partial charge is 0.494 e. The van der Waals surface area contributed by atoms with E-state index in [4.69, 9.17) is 16.3 Å². The Kier molecular flexibility index (Phi) is 8.44. The van der Waals surface area contributed by atoms with E-state index in [1.54, 1.807) is 24.3 Å². The van der Waals surface area contributed by atoms with E-state index in [1.165, 1.54) is 30.5 Å². The molecule has 11 heteroatoms. The van der Waals surface area contributed by atoms with Crippen molar-refractivity contribution in [1.29, 1.82) is 0 Å². The average molecular weight is 503 g/mol. The van der Waals surface area contributed by atoms with Crippen LogP contribution in [0.15, 0.2) is 76.7 Å². The molecule has 34 heavy (non-hydrogen) atoms. The van der Waals surface area contributed by atoms with Crippen molar-refractivity contribution in [3.8, 4) is 5.75 Å². The number of rotatable bonds is 11. The van der Waals surface area contributed by atoms with E-state index in [0.717, 1.165) is 30.2 Å². The molecule has 0 amide bonds. The lowest BCUT2D eigenvalue weighted by molar-refractivity contribution is -0.385. The maximum atomic E-state index is 13.0. The van der Waals surface area contributed by atoms with Crippen molar-refractivity contribution in [2.45, 2.75) is 24.7 Å². The van der Waals surface area contributed by atoms with Gasteiger partial charge in [-0.1, -0.05) is 37.1 Å². The monoisotopic (exact) mass is 502 g/mol. The van der Waals surface area contributed by atoms with Crippen LogP contribution in [0.2, 0.25) is 5.02 Å². The number of sulfonamides is 1. The number of benzene rings is 3. The summed E-state index contributed by atoms with van der Waals surface area (Å²) < 4.78 is 34.0. The van der Waals surface area contributed by atoms with Gasteiger partial charge in [-0.2, -0.15) is 5.10 Å². The van der Waals surface area contributed by atoms with Crippen molar-refractivity contribution in [2.24, 2.45) is 5.10 Å². The number of nitro groups is 1. The first-order chi connectivity index (χ1) is 16.3. The van der Waals surface area contributed by atoms with E-state index in [-0.39, 0.29) is 27.0 Å². The number of anilines is 2. The van der Waals surface area contributed by atoms with Crippen LogP contribution in [-0.2, 0) is 10.0 Å². The number of halogens is 1. The van der Waals surface area contributed by atoms with Gasteiger partial charge in [0, 0.05) is 12.1 Å². The molecule has 0 spiro atoms. The van der Waals surface area contributed by atoms with Gasteiger partial charge in [0.2, 0.25) is 0 Å². The third kappa shape index (κ3) is 6.69. The predicted molar refractivity (Wildman–Crippen MR) is 133 cm³/mol. The van der Waals surface area contributed by atoms with Crippen molar-refractivity contribution >= 4 is 44.9 Å². The molecule has 2 N–H and O–H groups in total. The van der Waals surface area contributed by atoms with E-state index in [2.05, 4.69) is 22.2 Å². The van der Waals surface area contributed by atoms with Gasteiger partial charge in [0.25, 0.3) is 15.7 Å². The van der Waals surface area contributed by atoms with Gasteiger partial charge >= 0.3 is 0 Å². The zero-order chi connectivity index (χ0) is 24.6. The molecular weight excluding hydrogens is 480 g/mol. The summed E-state index contributed by atoms with van der Waals surface area (Å²) in [5, 5.41) is 15.5. The first-order valence-corrected chi connectivity index (χ1v) is 12.2. The lowest BCUT2D eigenvalue weighted by Gasteiger charge is -2.13. The summed E-state index contributed by atoms with van der Waals surface area (Å²) >= 11 is 6.05. The Balaban J connectivity index is 1.81. The highest BCUT2D eigenvalue weighted by atomic mass is 35.5. The van der Waals surface area contributed by atoms with Crippen LogP contribution in [0.4, 0.5) is 17.1 Å². The molecule has 0 aliphatic heterocycles. The van der Waals surface area contributed by atoms with E-state index >= 15 is 0 Å². The number of unbranched alkanes of at least 4 members (excludes halogenated alkanes) is 1. The molecule has 0 aliphatic carbocycles. The van der Waals surface area contributed by atoms with Crippen LogP contribution in [0.1, 0.15) is 25.3 Å². The summed E-state index contributed by atoms with van der Waals surface area (Å²) in [6.45, 7) is 2.73. The molecular formula is C23H23ClN4O5S. The molecule has 0 unspecified atom stereocenters. The van der Waals surface area contributed by atoms with Gasteiger partial charge in [-0.3, -0.25) is 20.3 Å². The van der Waals surface area contributed by atoms with Crippen LogP contribution in [0.25, 0.3) is 0 Å². The quantitative estimate of drug-likeness (QED) is 0.150. The fourth-order valence-corrected chi connectivity index (χ4v) is 4.34. The Bertz CT molecular complexity index is 1280. The Hall–Kier alpha value is -3.63. The van der Waals surface area contributed by atoms with Crippen LogP contribution in [0.5, 0.6) is 5.75 Å². The van der Waals surface area contributed by atoms with Gasteiger partial charge < -0.3 is 4.74 Å². The molecule has 0 atom stereocenters. The van der Waals surface area contributed by atoms with E-state index in [1.807, 2.05) is 12.1 Å². The average Bonchev–Trinajstić information content (AvgIpc) is 2.81. The van der Waals surface area contributed by atoms with Crippen LogP contribution < -0.4 is 14.9 Å². The highest BCUT2D eigenvalue weighted by Gasteiger charge is 2.23. The summed E-state index contributed by atoms with van der Waals surface area (Å²) in [7, 11) is -4.23. The summed E-state index contributed by atoms with van der Waals surface area (Å²) in [6.07, 6.45) is 3.51. The molecule has 0 bridgehead atoms. The standard InChI is InChI=1S/C23H23ClN4O5S/c1-2-3-14-33-19-11-8-17(9-12-19)16-25-26-22-13-10-18(28(29)30)15-23(22)34(31,32)27-21-7-5-4-6-20(21)24/h4-13,15-16,26-27H,2-3,14H2,1H3. The molecule has 178 valence electrons. The smallest absolute Gasteiger partial charge is 0.270 e. The molecule has 3 rings (SSSR count). The fraction of sp³-hybridized carbons (Fsp3) is 0.174. The number of para-hydroxylation sites is 1. The molecule has 0 saturated carbocycles. The molecule has 0 heterocycles. The van der Waals surface area contributed by atoms with Crippen LogP contribution in [0.3, 0.4) is 0 Å². The van der Waals surface area contributed by atoms with Gasteiger partial charge in [0.05, 0.1) is 34.1 Å². The minimum atomic E-state index is -4.23. The zero-order valence-electron chi connectivity index (χ0n) is 18.3. The third-order valence-corrected chi connectivity index (χ3v) is 6.36. The lowest BCUT2D eigenvalue weighted by atomic mass is 10.2. The molecule has 0 saturated heterocycles. The fourth-order valence-electron chi connectivity index (χ4n) is 2.84. The Morgan fingerprint density at radius 1 is 1.09 bits per heavy atom. The van der Waals surface area contributed by atoms with Gasteiger partial charge in [-0.15, -0.1) is 0 Å². The van der Waals surface area contributed by atoms with Crippen molar-refractivity contribution in [3.63, 3.8) is 0 Å². The normalized spacial score (nSPS) is 11.4. The summed E-state index contributed by atoms with van der Waals surface area (Å²) in [4.78, 5) is 10.2. The number of nitrogens with one attached hydrogen (secondary N) is 2. The summed E-state index contributed by atoms with van der Waals surface area (Å²) in [5.41, 5.74) is 3.22. The zero-order valence-corrected chi connectivity index (χ0v) is 19.8. The van der Waals surface area contributed by atoms with Crippen molar-refractivity contribution < 1.29 is 18.1 Å². The topological polar surface area (TPSA) is 123 Å². The van der Waals surface area contributed by atoms with Crippen molar-refractivity contribution in [1.82, 2.24) is 0 Å². The number of ether oxygens (including phenoxy) is 1. The first-order valence-electron chi connectivity index (χ1n) is 10.4. The minimum absolute atomic E-state index is 0.0564. The molecule has 0 radical (unpaired) electrons.